The molecular weight excluding hydrogens is 228 g/mol. The van der Waals surface area contributed by atoms with Crippen LogP contribution in [0.2, 0.25) is 0 Å². The SMILES string of the molecule is C=CCCNC(=O)c1cnc2cc(C)nn2c1C. The van der Waals surface area contributed by atoms with Crippen LogP contribution in [0.4, 0.5) is 0 Å². The first kappa shape index (κ1) is 12.3. The van der Waals surface area contributed by atoms with Crippen LogP contribution in [-0.2, 0) is 0 Å². The van der Waals surface area contributed by atoms with E-state index in [9.17, 15) is 4.79 Å². The fraction of sp³-hybridized carbons (Fsp3) is 0.308. The molecule has 0 unspecified atom stereocenters. The average molecular weight is 244 g/mol. The van der Waals surface area contributed by atoms with Gasteiger partial charge in [0.1, 0.15) is 0 Å². The predicted octanol–water partition coefficient (Wildman–Crippen LogP) is 1.65. The van der Waals surface area contributed by atoms with Crippen LogP contribution in [0, 0.1) is 13.8 Å². The summed E-state index contributed by atoms with van der Waals surface area (Å²) >= 11 is 0. The van der Waals surface area contributed by atoms with Gasteiger partial charge in [-0.15, -0.1) is 6.58 Å². The van der Waals surface area contributed by atoms with E-state index in [0.717, 1.165) is 23.5 Å². The number of fused-ring (bicyclic) bond motifs is 1. The number of hydrogen-bond acceptors (Lipinski definition) is 3. The molecule has 5 nitrogen and oxygen atoms in total. The highest BCUT2D eigenvalue weighted by Crippen LogP contribution is 2.10. The second-order valence-electron chi connectivity index (χ2n) is 4.15. The number of rotatable bonds is 4. The van der Waals surface area contributed by atoms with Crippen molar-refractivity contribution < 1.29 is 4.79 Å². The third kappa shape index (κ3) is 2.25. The van der Waals surface area contributed by atoms with Crippen LogP contribution < -0.4 is 5.32 Å². The minimum atomic E-state index is -0.128. The molecule has 0 saturated heterocycles. The monoisotopic (exact) mass is 244 g/mol. The fourth-order valence-electron chi connectivity index (χ4n) is 1.77. The summed E-state index contributed by atoms with van der Waals surface area (Å²) in [4.78, 5) is 16.2. The van der Waals surface area contributed by atoms with Crippen molar-refractivity contribution in [1.29, 1.82) is 0 Å². The van der Waals surface area contributed by atoms with Gasteiger partial charge in [-0.1, -0.05) is 6.08 Å². The Morgan fingerprint density at radius 2 is 2.33 bits per heavy atom. The van der Waals surface area contributed by atoms with Gasteiger partial charge < -0.3 is 5.32 Å². The second-order valence-corrected chi connectivity index (χ2v) is 4.15. The number of nitrogens with one attached hydrogen (secondary N) is 1. The standard InChI is InChI=1S/C13H16N4O/c1-4-5-6-14-13(18)11-8-15-12-7-9(2)16-17(12)10(11)3/h4,7-8H,1,5-6H2,2-3H3,(H,14,18). The molecule has 0 radical (unpaired) electrons. The number of hydrogen-bond donors (Lipinski definition) is 1. The minimum absolute atomic E-state index is 0.128. The lowest BCUT2D eigenvalue weighted by molar-refractivity contribution is 0.0952. The Kier molecular flexibility index (Phi) is 3.41. The van der Waals surface area contributed by atoms with Gasteiger partial charge in [0.25, 0.3) is 5.91 Å². The maximum atomic E-state index is 12.0. The summed E-state index contributed by atoms with van der Waals surface area (Å²) in [6.07, 6.45) is 4.11. The molecule has 5 heteroatoms. The van der Waals surface area contributed by atoms with Crippen molar-refractivity contribution in [3.63, 3.8) is 0 Å². The summed E-state index contributed by atoms with van der Waals surface area (Å²) < 4.78 is 1.69. The fourth-order valence-corrected chi connectivity index (χ4v) is 1.77. The first-order valence-corrected chi connectivity index (χ1v) is 5.84. The quantitative estimate of drug-likeness (QED) is 0.657. The smallest absolute Gasteiger partial charge is 0.254 e. The molecule has 0 aromatic carbocycles. The zero-order valence-corrected chi connectivity index (χ0v) is 10.6. The Labute approximate surface area is 106 Å². The van der Waals surface area contributed by atoms with E-state index < -0.39 is 0 Å². The highest BCUT2D eigenvalue weighted by atomic mass is 16.1. The van der Waals surface area contributed by atoms with Gasteiger partial charge in [-0.2, -0.15) is 5.10 Å². The second kappa shape index (κ2) is 5.00. The Morgan fingerprint density at radius 1 is 1.56 bits per heavy atom. The topological polar surface area (TPSA) is 59.3 Å². The molecule has 0 aliphatic carbocycles. The summed E-state index contributed by atoms with van der Waals surface area (Å²) in [6.45, 7) is 7.96. The Morgan fingerprint density at radius 3 is 3.06 bits per heavy atom. The van der Waals surface area contributed by atoms with Crippen molar-refractivity contribution in [2.45, 2.75) is 20.3 Å². The van der Waals surface area contributed by atoms with Gasteiger partial charge in [-0.3, -0.25) is 4.79 Å². The number of aryl methyl sites for hydroxylation is 2. The molecule has 1 amide bonds. The van der Waals surface area contributed by atoms with Crippen molar-refractivity contribution in [2.75, 3.05) is 6.54 Å². The molecule has 0 bridgehead atoms. The molecular formula is C13H16N4O. The maximum Gasteiger partial charge on any atom is 0.254 e. The van der Waals surface area contributed by atoms with Crippen molar-refractivity contribution >= 4 is 11.6 Å². The van der Waals surface area contributed by atoms with Crippen LogP contribution in [0.5, 0.6) is 0 Å². The van der Waals surface area contributed by atoms with Crippen molar-refractivity contribution in [3.05, 3.63) is 41.9 Å². The molecule has 0 aliphatic heterocycles. The molecule has 2 heterocycles. The zero-order chi connectivity index (χ0) is 13.1. The molecule has 0 fully saturated rings. The van der Waals surface area contributed by atoms with Gasteiger partial charge in [-0.25, -0.2) is 9.50 Å². The van der Waals surface area contributed by atoms with E-state index in [1.54, 1.807) is 16.8 Å². The van der Waals surface area contributed by atoms with E-state index in [1.165, 1.54) is 0 Å². The van der Waals surface area contributed by atoms with Crippen LogP contribution in [0.3, 0.4) is 0 Å². The van der Waals surface area contributed by atoms with Gasteiger partial charge in [0.05, 0.1) is 17.0 Å². The summed E-state index contributed by atoms with van der Waals surface area (Å²) in [5.41, 5.74) is 2.99. The van der Waals surface area contributed by atoms with Gasteiger partial charge in [0.2, 0.25) is 0 Å². The van der Waals surface area contributed by atoms with Crippen LogP contribution in [0.15, 0.2) is 24.9 Å². The number of aromatic nitrogens is 3. The van der Waals surface area contributed by atoms with Crippen molar-refractivity contribution in [2.24, 2.45) is 0 Å². The molecule has 2 rings (SSSR count). The molecule has 0 saturated carbocycles. The summed E-state index contributed by atoms with van der Waals surface area (Å²) in [6, 6.07) is 1.88. The number of carbonyl (C=O) groups excluding carboxylic acids is 1. The number of amides is 1. The Hall–Kier alpha value is -2.17. The van der Waals surface area contributed by atoms with Crippen LogP contribution in [-0.4, -0.2) is 27.0 Å². The first-order chi connectivity index (χ1) is 8.63. The lowest BCUT2D eigenvalue weighted by atomic mass is 10.2. The van der Waals surface area contributed by atoms with E-state index in [-0.39, 0.29) is 5.91 Å². The van der Waals surface area contributed by atoms with Crippen molar-refractivity contribution in [3.8, 4) is 0 Å². The normalized spacial score (nSPS) is 10.6. The lowest BCUT2D eigenvalue weighted by Crippen LogP contribution is -2.25. The summed E-state index contributed by atoms with van der Waals surface area (Å²) in [5, 5.41) is 7.13. The lowest BCUT2D eigenvalue weighted by Gasteiger charge is -2.07. The third-order valence-corrected chi connectivity index (χ3v) is 2.72. The number of nitrogens with zero attached hydrogens (tertiary/aromatic N) is 3. The van der Waals surface area contributed by atoms with Crippen molar-refractivity contribution in [1.82, 2.24) is 19.9 Å². The third-order valence-electron chi connectivity index (χ3n) is 2.72. The molecule has 2 aromatic rings. The zero-order valence-electron chi connectivity index (χ0n) is 10.6. The maximum absolute atomic E-state index is 12.0. The highest BCUT2D eigenvalue weighted by Gasteiger charge is 2.12. The van der Waals surface area contributed by atoms with Gasteiger partial charge in [0, 0.05) is 18.8 Å². The van der Waals surface area contributed by atoms with Gasteiger partial charge >= 0.3 is 0 Å². The van der Waals surface area contributed by atoms with E-state index in [4.69, 9.17) is 0 Å². The van der Waals surface area contributed by atoms with Crippen LogP contribution in [0.25, 0.3) is 5.65 Å². The first-order valence-electron chi connectivity index (χ1n) is 5.84. The number of carbonyl (C=O) groups is 1. The molecule has 0 spiro atoms. The van der Waals surface area contributed by atoms with E-state index in [2.05, 4.69) is 22.0 Å². The van der Waals surface area contributed by atoms with E-state index >= 15 is 0 Å². The van der Waals surface area contributed by atoms with E-state index in [0.29, 0.717) is 12.1 Å². The summed E-state index contributed by atoms with van der Waals surface area (Å²) in [7, 11) is 0. The molecule has 0 aliphatic rings. The summed E-state index contributed by atoms with van der Waals surface area (Å²) in [5.74, 6) is -0.128. The van der Waals surface area contributed by atoms with Gasteiger partial charge in [-0.05, 0) is 20.3 Å². The van der Waals surface area contributed by atoms with Crippen LogP contribution in [0.1, 0.15) is 28.2 Å². The van der Waals surface area contributed by atoms with E-state index in [1.807, 2.05) is 19.9 Å². The molecule has 0 atom stereocenters. The highest BCUT2D eigenvalue weighted by molar-refractivity contribution is 5.95. The largest absolute Gasteiger partial charge is 0.352 e. The Bertz CT molecular complexity index is 600. The molecule has 94 valence electrons. The minimum Gasteiger partial charge on any atom is -0.352 e. The Balaban J connectivity index is 2.30. The molecule has 18 heavy (non-hydrogen) atoms. The molecule has 1 N–H and O–H groups in total. The molecule has 2 aromatic heterocycles. The van der Waals surface area contributed by atoms with Crippen LogP contribution >= 0.6 is 0 Å². The predicted molar refractivity (Wildman–Crippen MR) is 69.6 cm³/mol. The average Bonchev–Trinajstić information content (AvgIpc) is 2.71. The van der Waals surface area contributed by atoms with Gasteiger partial charge in [0.15, 0.2) is 5.65 Å².